The first-order valence-electron chi connectivity index (χ1n) is 8.36. The van der Waals surface area contributed by atoms with Gasteiger partial charge in [-0.3, -0.25) is 9.59 Å². The molecule has 0 bridgehead atoms. The predicted octanol–water partition coefficient (Wildman–Crippen LogP) is 3.07. The number of nitrogens with one attached hydrogen (secondary N) is 1. The van der Waals surface area contributed by atoms with Crippen LogP contribution in [0.15, 0.2) is 48.7 Å². The van der Waals surface area contributed by atoms with Crippen LogP contribution in [-0.2, 0) is 9.59 Å². The fraction of sp³-hybridized carbons (Fsp3) is 0.316. The van der Waals surface area contributed by atoms with Crippen molar-refractivity contribution in [1.29, 1.82) is 0 Å². The second kappa shape index (κ2) is 7.34. The van der Waals surface area contributed by atoms with Crippen LogP contribution < -0.4 is 10.1 Å². The number of nitrogens with zero attached hydrogens (tertiary/aromatic N) is 2. The number of para-hydroxylation sites is 2. The molecular weight excluding hydrogens is 318 g/mol. The molecule has 2 amide bonds. The minimum absolute atomic E-state index is 0.137. The van der Waals surface area contributed by atoms with Crippen LogP contribution in [0.3, 0.4) is 0 Å². The molecule has 0 aliphatic carbocycles. The smallest absolute Gasteiger partial charge is 0.314 e. The molecule has 130 valence electrons. The fourth-order valence-corrected chi connectivity index (χ4v) is 2.84. The third kappa shape index (κ3) is 3.79. The molecule has 1 unspecified atom stereocenters. The van der Waals surface area contributed by atoms with Crippen molar-refractivity contribution in [2.24, 2.45) is 5.92 Å². The number of carbonyl (C=O) groups excluding carboxylic acids is 2. The van der Waals surface area contributed by atoms with Gasteiger partial charge in [-0.25, -0.2) is 4.98 Å². The Hall–Kier alpha value is -2.89. The number of amides is 2. The Kier molecular flexibility index (Phi) is 4.97. The van der Waals surface area contributed by atoms with Crippen LogP contribution in [-0.4, -0.2) is 34.3 Å². The van der Waals surface area contributed by atoms with E-state index in [9.17, 15) is 9.59 Å². The molecule has 1 aromatic carbocycles. The van der Waals surface area contributed by atoms with E-state index >= 15 is 0 Å². The van der Waals surface area contributed by atoms with Crippen molar-refractivity contribution < 1.29 is 14.3 Å². The Labute approximate surface area is 146 Å². The maximum absolute atomic E-state index is 12.4. The van der Waals surface area contributed by atoms with E-state index in [1.54, 1.807) is 47.5 Å². The van der Waals surface area contributed by atoms with E-state index in [2.05, 4.69) is 24.1 Å². The minimum Gasteiger partial charge on any atom is -0.437 e. The maximum atomic E-state index is 12.4. The largest absolute Gasteiger partial charge is 0.437 e. The molecule has 1 saturated heterocycles. The van der Waals surface area contributed by atoms with E-state index < -0.39 is 11.8 Å². The van der Waals surface area contributed by atoms with Gasteiger partial charge in [0.2, 0.25) is 5.88 Å². The summed E-state index contributed by atoms with van der Waals surface area (Å²) in [5, 5.41) is 2.66. The highest BCUT2D eigenvalue weighted by Gasteiger charge is 2.37. The van der Waals surface area contributed by atoms with Gasteiger partial charge in [0, 0.05) is 24.8 Å². The van der Waals surface area contributed by atoms with Crippen LogP contribution in [0.1, 0.15) is 20.3 Å². The van der Waals surface area contributed by atoms with Crippen molar-refractivity contribution in [2.45, 2.75) is 26.3 Å². The summed E-state index contributed by atoms with van der Waals surface area (Å²) < 4.78 is 5.70. The molecule has 0 spiro atoms. The first-order chi connectivity index (χ1) is 12.1. The van der Waals surface area contributed by atoms with E-state index in [0.717, 1.165) is 6.42 Å². The van der Waals surface area contributed by atoms with Gasteiger partial charge in [0.05, 0.1) is 5.69 Å². The summed E-state index contributed by atoms with van der Waals surface area (Å²) in [5.41, 5.74) is 0.438. The van der Waals surface area contributed by atoms with Crippen LogP contribution in [0.2, 0.25) is 0 Å². The summed E-state index contributed by atoms with van der Waals surface area (Å²) in [4.78, 5) is 30.4. The Bertz CT molecular complexity index is 762. The Morgan fingerprint density at radius 1 is 1.20 bits per heavy atom. The lowest BCUT2D eigenvalue weighted by atomic mass is 9.92. The van der Waals surface area contributed by atoms with Crippen LogP contribution in [0.5, 0.6) is 11.6 Å². The van der Waals surface area contributed by atoms with Crippen molar-refractivity contribution in [3.63, 3.8) is 0 Å². The molecule has 0 saturated carbocycles. The molecule has 0 radical (unpaired) electrons. The molecule has 25 heavy (non-hydrogen) atoms. The van der Waals surface area contributed by atoms with Gasteiger partial charge in [0.15, 0.2) is 5.75 Å². The van der Waals surface area contributed by atoms with Crippen molar-refractivity contribution >= 4 is 17.5 Å². The summed E-state index contributed by atoms with van der Waals surface area (Å²) in [6, 6.07) is 12.4. The highest BCUT2D eigenvalue weighted by atomic mass is 16.5. The molecule has 1 N–H and O–H groups in total. The standard InChI is InChI=1S/C19H21N3O3/c1-13(2)15-10-12-22(15)19(24)18(23)21-14-7-3-4-8-16(14)25-17-9-5-6-11-20-17/h3-9,11,13,15H,10,12H2,1-2H3,(H,21,23). The molecule has 6 nitrogen and oxygen atoms in total. The Morgan fingerprint density at radius 3 is 2.60 bits per heavy atom. The zero-order valence-corrected chi connectivity index (χ0v) is 14.3. The summed E-state index contributed by atoms with van der Waals surface area (Å²) >= 11 is 0. The van der Waals surface area contributed by atoms with Gasteiger partial charge < -0.3 is 15.0 Å². The number of hydrogen-bond acceptors (Lipinski definition) is 4. The number of pyridine rings is 1. The number of anilines is 1. The number of rotatable bonds is 4. The SMILES string of the molecule is CC(C)C1CCN1C(=O)C(=O)Nc1ccccc1Oc1ccccn1. The molecule has 1 atom stereocenters. The lowest BCUT2D eigenvalue weighted by molar-refractivity contribution is -0.149. The number of hydrogen-bond donors (Lipinski definition) is 1. The lowest BCUT2D eigenvalue weighted by Gasteiger charge is -2.43. The van der Waals surface area contributed by atoms with Gasteiger partial charge in [0.1, 0.15) is 0 Å². The molecule has 2 aromatic rings. The van der Waals surface area contributed by atoms with Gasteiger partial charge in [-0.1, -0.05) is 32.0 Å². The van der Waals surface area contributed by atoms with Crippen molar-refractivity contribution in [1.82, 2.24) is 9.88 Å². The second-order valence-corrected chi connectivity index (χ2v) is 6.32. The van der Waals surface area contributed by atoms with Gasteiger partial charge >= 0.3 is 11.8 Å². The molecule has 1 aromatic heterocycles. The van der Waals surface area contributed by atoms with Gasteiger partial charge in [-0.2, -0.15) is 0 Å². The normalized spacial score (nSPS) is 16.3. The van der Waals surface area contributed by atoms with E-state index in [0.29, 0.717) is 29.8 Å². The number of likely N-dealkylation sites (tertiary alicyclic amines) is 1. The lowest BCUT2D eigenvalue weighted by Crippen LogP contribution is -2.56. The molecule has 1 aliphatic heterocycles. The Balaban J connectivity index is 1.70. The zero-order chi connectivity index (χ0) is 17.8. The topological polar surface area (TPSA) is 71.5 Å². The first kappa shape index (κ1) is 17.0. The van der Waals surface area contributed by atoms with Gasteiger partial charge in [0.25, 0.3) is 0 Å². The second-order valence-electron chi connectivity index (χ2n) is 6.32. The zero-order valence-electron chi connectivity index (χ0n) is 14.3. The fourth-order valence-electron chi connectivity index (χ4n) is 2.84. The van der Waals surface area contributed by atoms with Crippen LogP contribution in [0, 0.1) is 5.92 Å². The van der Waals surface area contributed by atoms with E-state index in [4.69, 9.17) is 4.74 Å². The maximum Gasteiger partial charge on any atom is 0.314 e. The molecular formula is C19H21N3O3. The summed E-state index contributed by atoms with van der Waals surface area (Å²) in [6.45, 7) is 4.73. The highest BCUT2D eigenvalue weighted by Crippen LogP contribution is 2.29. The molecule has 6 heteroatoms. The highest BCUT2D eigenvalue weighted by molar-refractivity contribution is 6.39. The van der Waals surface area contributed by atoms with Crippen molar-refractivity contribution in [3.05, 3.63) is 48.7 Å². The van der Waals surface area contributed by atoms with Gasteiger partial charge in [-0.15, -0.1) is 0 Å². The summed E-state index contributed by atoms with van der Waals surface area (Å²) in [5.74, 6) is 0.0368. The minimum atomic E-state index is -0.651. The Morgan fingerprint density at radius 2 is 1.96 bits per heavy atom. The van der Waals surface area contributed by atoms with Gasteiger partial charge in [-0.05, 0) is 30.5 Å². The number of ether oxygens (including phenoxy) is 1. The van der Waals surface area contributed by atoms with Crippen molar-refractivity contribution in [3.8, 4) is 11.6 Å². The molecule has 1 fully saturated rings. The van der Waals surface area contributed by atoms with Crippen LogP contribution in [0.4, 0.5) is 5.69 Å². The van der Waals surface area contributed by atoms with E-state index in [1.807, 2.05) is 6.07 Å². The first-order valence-corrected chi connectivity index (χ1v) is 8.36. The molecule has 1 aliphatic rings. The van der Waals surface area contributed by atoms with Crippen LogP contribution in [0.25, 0.3) is 0 Å². The molecule has 2 heterocycles. The molecule has 3 rings (SSSR count). The van der Waals surface area contributed by atoms with E-state index in [-0.39, 0.29) is 6.04 Å². The average molecular weight is 339 g/mol. The monoisotopic (exact) mass is 339 g/mol. The summed E-state index contributed by atoms with van der Waals surface area (Å²) in [7, 11) is 0. The number of benzene rings is 1. The summed E-state index contributed by atoms with van der Waals surface area (Å²) in [6.07, 6.45) is 2.56. The van der Waals surface area contributed by atoms with Crippen molar-refractivity contribution in [2.75, 3.05) is 11.9 Å². The van der Waals surface area contributed by atoms with Crippen LogP contribution >= 0.6 is 0 Å². The number of carbonyl (C=O) groups is 2. The predicted molar refractivity (Wildman–Crippen MR) is 94.3 cm³/mol. The third-order valence-electron chi connectivity index (χ3n) is 4.28. The van der Waals surface area contributed by atoms with E-state index in [1.165, 1.54) is 0 Å². The quantitative estimate of drug-likeness (QED) is 0.869. The average Bonchev–Trinajstić information content (AvgIpc) is 2.56. The number of aromatic nitrogens is 1. The third-order valence-corrected chi connectivity index (χ3v) is 4.28.